The number of rotatable bonds is 4. The topological polar surface area (TPSA) is 0 Å². The van der Waals surface area contributed by atoms with Gasteiger partial charge in [-0.05, 0) is 0 Å². The summed E-state index contributed by atoms with van der Waals surface area (Å²) in [5, 5.41) is 5.41. The Bertz CT molecular complexity index is 1910. The predicted octanol–water partition coefficient (Wildman–Crippen LogP) is 10.6. The van der Waals surface area contributed by atoms with Gasteiger partial charge in [-0.15, -0.1) is 0 Å². The molecule has 2 atom stereocenters. The van der Waals surface area contributed by atoms with Gasteiger partial charge < -0.3 is 0 Å². The number of aryl methyl sites for hydroxylation is 2. The maximum absolute atomic E-state index is 2.51. The van der Waals surface area contributed by atoms with Gasteiger partial charge in [0, 0.05) is 0 Å². The predicted molar refractivity (Wildman–Crippen MR) is 171 cm³/mol. The molecule has 0 radical (unpaired) electrons. The quantitative estimate of drug-likeness (QED) is 0.189. The summed E-state index contributed by atoms with van der Waals surface area (Å²) < 4.78 is 0.964. The zero-order chi connectivity index (χ0) is 27.5. The van der Waals surface area contributed by atoms with E-state index in [1.807, 2.05) is 0 Å². The van der Waals surface area contributed by atoms with E-state index in [9.17, 15) is 0 Å². The van der Waals surface area contributed by atoms with Gasteiger partial charge in [0.25, 0.3) is 0 Å². The molecule has 0 bridgehead atoms. The van der Waals surface area contributed by atoms with Crippen molar-refractivity contribution >= 4 is 44.8 Å². The van der Waals surface area contributed by atoms with Gasteiger partial charge in [-0.2, -0.15) is 0 Å². The molecule has 6 aromatic rings. The Morgan fingerprint density at radius 1 is 0.463 bits per heavy atom. The summed E-state index contributed by atoms with van der Waals surface area (Å²) in [7, 11) is 0. The third-order valence-electron chi connectivity index (χ3n) is 8.83. The van der Waals surface area contributed by atoms with Crippen LogP contribution in [0.15, 0.2) is 121 Å². The number of allylic oxidation sites excluding steroid dienone is 2. The third-order valence-corrected chi connectivity index (χ3v) is 13.5. The van der Waals surface area contributed by atoms with E-state index in [0.717, 1.165) is 0 Å². The first-order valence-corrected chi connectivity index (χ1v) is 17.3. The summed E-state index contributed by atoms with van der Waals surface area (Å²) in [4.78, 5) is 0. The van der Waals surface area contributed by atoms with Crippen LogP contribution in [0, 0.1) is 13.8 Å². The molecule has 2 aliphatic rings. The first-order valence-electron chi connectivity index (χ1n) is 14.5. The van der Waals surface area contributed by atoms with Crippen LogP contribution in [0.3, 0.4) is 0 Å². The molecule has 6 aromatic carbocycles. The fourth-order valence-corrected chi connectivity index (χ4v) is 12.1. The van der Waals surface area contributed by atoms with Gasteiger partial charge in [-0.3, -0.25) is 0 Å². The van der Waals surface area contributed by atoms with Gasteiger partial charge in [0.2, 0.25) is 0 Å². The molecule has 0 heterocycles. The molecule has 0 aromatic heterocycles. The average molecular weight is 602 g/mol. The number of hydrogen-bond acceptors (Lipinski definition) is 0. The Hall–Kier alpha value is -3.80. The Morgan fingerprint density at radius 2 is 0.878 bits per heavy atom. The van der Waals surface area contributed by atoms with E-state index in [2.05, 4.69) is 147 Å². The van der Waals surface area contributed by atoms with Crippen molar-refractivity contribution in [2.75, 3.05) is 0 Å². The van der Waals surface area contributed by atoms with E-state index in [-0.39, 0.29) is 0 Å². The molecule has 2 unspecified atom stereocenters. The SMILES string of the molecule is Cc1cc(C2=Cc3ccccc3[CH]2[Zr][CH]2C(c3cc(C)cc4ccccc34)=Cc3ccccc32)c2ccccc2c1. The minimum atomic E-state index is -1.13. The van der Waals surface area contributed by atoms with E-state index >= 15 is 0 Å². The average Bonchev–Trinajstić information content (AvgIpc) is 3.55. The molecular formula is C40H30Zr. The normalized spacial score (nSPS) is 17.3. The van der Waals surface area contributed by atoms with E-state index in [1.165, 1.54) is 77.2 Å². The van der Waals surface area contributed by atoms with Gasteiger partial charge in [0.05, 0.1) is 0 Å². The van der Waals surface area contributed by atoms with Gasteiger partial charge in [0.1, 0.15) is 0 Å². The Labute approximate surface area is 253 Å². The summed E-state index contributed by atoms with van der Waals surface area (Å²) in [6.45, 7) is 4.48. The summed E-state index contributed by atoms with van der Waals surface area (Å²) >= 11 is -1.13. The summed E-state index contributed by atoms with van der Waals surface area (Å²) in [5.41, 5.74) is 14.4. The molecule has 0 aliphatic heterocycles. The van der Waals surface area contributed by atoms with Crippen LogP contribution in [0.2, 0.25) is 0 Å². The van der Waals surface area contributed by atoms with Gasteiger partial charge in [0.15, 0.2) is 0 Å². The van der Waals surface area contributed by atoms with Crippen molar-refractivity contribution in [3.63, 3.8) is 0 Å². The zero-order valence-corrected chi connectivity index (χ0v) is 25.8. The van der Waals surface area contributed by atoms with Crippen LogP contribution in [0.25, 0.3) is 44.8 Å². The van der Waals surface area contributed by atoms with E-state index in [0.29, 0.717) is 7.25 Å². The third kappa shape index (κ3) is 4.22. The summed E-state index contributed by atoms with van der Waals surface area (Å²) in [5.74, 6) is 0. The van der Waals surface area contributed by atoms with E-state index in [1.54, 1.807) is 0 Å². The van der Waals surface area contributed by atoms with E-state index < -0.39 is 23.2 Å². The Morgan fingerprint density at radius 3 is 1.37 bits per heavy atom. The number of fused-ring (bicyclic) bond motifs is 4. The number of benzene rings is 6. The van der Waals surface area contributed by atoms with E-state index in [4.69, 9.17) is 0 Å². The Balaban J connectivity index is 1.30. The monoisotopic (exact) mass is 600 g/mol. The fourth-order valence-electron chi connectivity index (χ4n) is 7.04. The van der Waals surface area contributed by atoms with Crippen LogP contribution in [-0.2, 0) is 23.2 Å². The molecule has 2 aliphatic carbocycles. The molecule has 194 valence electrons. The molecule has 0 nitrogen and oxygen atoms in total. The Kier molecular flexibility index (Phi) is 6.05. The van der Waals surface area contributed by atoms with Gasteiger partial charge in [-0.25, -0.2) is 0 Å². The molecule has 0 saturated heterocycles. The second kappa shape index (κ2) is 9.93. The first kappa shape index (κ1) is 25.0. The molecule has 0 N–H and O–H groups in total. The van der Waals surface area contributed by atoms with Crippen LogP contribution < -0.4 is 0 Å². The van der Waals surface area contributed by atoms with Gasteiger partial charge in [-0.1, -0.05) is 0 Å². The molecule has 1 heteroatoms. The second-order valence-corrected chi connectivity index (χ2v) is 15.2. The molecule has 41 heavy (non-hydrogen) atoms. The molecule has 8 rings (SSSR count). The van der Waals surface area contributed by atoms with Crippen LogP contribution in [0.1, 0.15) is 51.8 Å². The van der Waals surface area contributed by atoms with Crippen LogP contribution in [0.4, 0.5) is 0 Å². The van der Waals surface area contributed by atoms with Crippen molar-refractivity contribution < 1.29 is 23.2 Å². The standard InChI is InChI=1S/2C20H15.Zr/c2*1-14-10-17-8-4-5-9-19(17)20(11-14)18-12-15-6-2-3-7-16(15)13-18;/h2*2-13H,1H3;. The van der Waals surface area contributed by atoms with Crippen molar-refractivity contribution in [1.82, 2.24) is 0 Å². The van der Waals surface area contributed by atoms with Crippen molar-refractivity contribution in [2.45, 2.75) is 21.1 Å². The minimum absolute atomic E-state index is 0.482. The molecule has 0 amide bonds. The molecule has 0 spiro atoms. The van der Waals surface area contributed by atoms with Crippen molar-refractivity contribution in [3.05, 3.63) is 166 Å². The molecule has 0 saturated carbocycles. The van der Waals surface area contributed by atoms with Crippen molar-refractivity contribution in [2.24, 2.45) is 0 Å². The molecule has 0 fully saturated rings. The van der Waals surface area contributed by atoms with Crippen LogP contribution >= 0.6 is 0 Å². The van der Waals surface area contributed by atoms with Crippen LogP contribution in [0.5, 0.6) is 0 Å². The second-order valence-electron chi connectivity index (χ2n) is 11.6. The molecular weight excluding hydrogens is 572 g/mol. The summed E-state index contributed by atoms with van der Waals surface area (Å²) in [6.07, 6.45) is 5.02. The van der Waals surface area contributed by atoms with Crippen LogP contribution in [-0.4, -0.2) is 0 Å². The maximum atomic E-state index is 2.51. The van der Waals surface area contributed by atoms with Gasteiger partial charge >= 0.3 is 255 Å². The first-order chi connectivity index (χ1) is 20.1. The summed E-state index contributed by atoms with van der Waals surface area (Å²) in [6, 6.07) is 45.7. The van der Waals surface area contributed by atoms with Crippen molar-refractivity contribution in [3.8, 4) is 0 Å². The zero-order valence-electron chi connectivity index (χ0n) is 23.4. The van der Waals surface area contributed by atoms with Crippen molar-refractivity contribution in [1.29, 1.82) is 0 Å². The fraction of sp³-hybridized carbons (Fsp3) is 0.100. The number of hydrogen-bond donors (Lipinski definition) is 0.